The highest BCUT2D eigenvalue weighted by Crippen LogP contribution is 2.21. The summed E-state index contributed by atoms with van der Waals surface area (Å²) in [6.07, 6.45) is 0.882. The smallest absolute Gasteiger partial charge is 0.342 e. The minimum Gasteiger partial charge on any atom is -0.405 e. The average molecular weight is 348 g/mol. The van der Waals surface area contributed by atoms with E-state index in [4.69, 9.17) is 17.0 Å². The number of thioether (sulfide) groups is 1. The normalized spacial score (nSPS) is 10.7. The van der Waals surface area contributed by atoms with E-state index in [1.807, 2.05) is 37.3 Å². The van der Waals surface area contributed by atoms with E-state index in [0.29, 0.717) is 11.7 Å². The Kier molecular flexibility index (Phi) is 4.88. The molecule has 0 fully saturated rings. The lowest BCUT2D eigenvalue weighted by Gasteiger charge is -2.06. The zero-order chi connectivity index (χ0) is 16.1. The summed E-state index contributed by atoms with van der Waals surface area (Å²) >= 11 is 6.35. The second kappa shape index (κ2) is 7.24. The van der Waals surface area contributed by atoms with Crippen molar-refractivity contribution >= 4 is 28.4 Å². The van der Waals surface area contributed by atoms with Gasteiger partial charge in [0.2, 0.25) is 9.54 Å². The average Bonchev–Trinajstić information content (AvgIpc) is 3.18. The predicted octanol–water partition coefficient (Wildman–Crippen LogP) is 1.51. The highest BCUT2D eigenvalue weighted by molar-refractivity contribution is 8.22. The molecule has 0 bridgehead atoms. The number of tetrazole rings is 2. The molecule has 0 radical (unpaired) electrons. The van der Waals surface area contributed by atoms with Crippen LogP contribution in [0, 0.1) is 0 Å². The second-order valence-electron chi connectivity index (χ2n) is 4.35. The van der Waals surface area contributed by atoms with E-state index in [1.165, 1.54) is 0 Å². The summed E-state index contributed by atoms with van der Waals surface area (Å²) in [5.41, 5.74) is 0.832. The monoisotopic (exact) mass is 348 g/mol. The maximum Gasteiger partial charge on any atom is 0.342 e. The van der Waals surface area contributed by atoms with Crippen LogP contribution in [0.2, 0.25) is 0 Å². The Balaban J connectivity index is 1.72. The number of benzene rings is 1. The first-order valence-electron chi connectivity index (χ1n) is 6.77. The molecule has 3 aromatic rings. The van der Waals surface area contributed by atoms with E-state index in [0.717, 1.165) is 23.9 Å². The zero-order valence-corrected chi connectivity index (χ0v) is 13.7. The molecule has 0 spiro atoms. The van der Waals surface area contributed by atoms with Crippen molar-refractivity contribution in [2.24, 2.45) is 0 Å². The summed E-state index contributed by atoms with van der Waals surface area (Å²) in [6, 6.07) is 9.77. The van der Waals surface area contributed by atoms with Crippen LogP contribution < -0.4 is 4.74 Å². The molecule has 0 saturated heterocycles. The van der Waals surface area contributed by atoms with Crippen LogP contribution in [0.5, 0.6) is 6.01 Å². The molecule has 1 aromatic carbocycles. The van der Waals surface area contributed by atoms with Crippen molar-refractivity contribution in [3.63, 3.8) is 0 Å². The van der Waals surface area contributed by atoms with E-state index in [1.54, 1.807) is 9.36 Å². The van der Waals surface area contributed by atoms with Gasteiger partial charge in [0.15, 0.2) is 0 Å². The highest BCUT2D eigenvalue weighted by atomic mass is 32.2. The molecule has 9 nitrogen and oxygen atoms in total. The van der Waals surface area contributed by atoms with Crippen LogP contribution in [-0.2, 0) is 6.54 Å². The minimum atomic E-state index is 0.212. The molecule has 0 aliphatic heterocycles. The molecule has 0 saturated carbocycles. The minimum absolute atomic E-state index is 0.212. The largest absolute Gasteiger partial charge is 0.405 e. The number of aryl methyl sites for hydroxylation is 1. The third-order valence-corrected chi connectivity index (χ3v) is 3.75. The Hall–Kier alpha value is -2.40. The Morgan fingerprint density at radius 2 is 1.96 bits per heavy atom. The number of nitrogens with zero attached hydrogens (tertiary/aromatic N) is 8. The molecule has 0 N–H and O–H groups in total. The first-order valence-corrected chi connectivity index (χ1v) is 8.00. The molecule has 0 aliphatic rings. The third kappa shape index (κ3) is 3.68. The molecule has 2 heterocycles. The van der Waals surface area contributed by atoms with Crippen molar-refractivity contribution < 1.29 is 4.74 Å². The Morgan fingerprint density at radius 3 is 2.74 bits per heavy atom. The molecule has 118 valence electrons. The Labute approximate surface area is 141 Å². The van der Waals surface area contributed by atoms with Gasteiger partial charge in [-0.1, -0.05) is 30.2 Å². The van der Waals surface area contributed by atoms with Gasteiger partial charge >= 0.3 is 6.01 Å². The fourth-order valence-electron chi connectivity index (χ4n) is 1.77. The predicted molar refractivity (Wildman–Crippen MR) is 86.3 cm³/mol. The number of ether oxygens (including phenoxy) is 1. The summed E-state index contributed by atoms with van der Waals surface area (Å²) in [5, 5.41) is 23.3. The number of para-hydroxylation sites is 1. The van der Waals surface area contributed by atoms with E-state index < -0.39 is 0 Å². The van der Waals surface area contributed by atoms with Crippen molar-refractivity contribution in [3.05, 3.63) is 30.3 Å². The fraction of sp³-hybridized carbons (Fsp3) is 0.250. The van der Waals surface area contributed by atoms with Crippen molar-refractivity contribution in [2.75, 3.05) is 0 Å². The lowest BCUT2D eigenvalue weighted by Crippen LogP contribution is -2.09. The van der Waals surface area contributed by atoms with Crippen LogP contribution in [0.4, 0.5) is 0 Å². The first kappa shape index (κ1) is 15.5. The maximum atomic E-state index is 5.51. The Bertz CT molecular complexity index is 787. The summed E-state index contributed by atoms with van der Waals surface area (Å²) in [7, 11) is 0. The van der Waals surface area contributed by atoms with Crippen molar-refractivity contribution in [3.8, 4) is 11.7 Å². The van der Waals surface area contributed by atoms with Gasteiger partial charge < -0.3 is 4.74 Å². The molecule has 0 unspecified atom stereocenters. The topological polar surface area (TPSA) is 96.4 Å². The van der Waals surface area contributed by atoms with Crippen molar-refractivity contribution in [1.29, 1.82) is 0 Å². The Morgan fingerprint density at radius 1 is 1.17 bits per heavy atom. The fourth-order valence-corrected chi connectivity index (χ4v) is 2.63. The van der Waals surface area contributed by atoms with Crippen molar-refractivity contribution in [1.82, 2.24) is 40.4 Å². The van der Waals surface area contributed by atoms with Gasteiger partial charge in [0.05, 0.1) is 5.69 Å². The van der Waals surface area contributed by atoms with E-state index in [9.17, 15) is 0 Å². The van der Waals surface area contributed by atoms with Gasteiger partial charge in [-0.15, -0.1) is 5.10 Å². The molecule has 2 aromatic heterocycles. The molecule has 0 amide bonds. The van der Waals surface area contributed by atoms with E-state index in [2.05, 4.69) is 31.1 Å². The lowest BCUT2D eigenvalue weighted by molar-refractivity contribution is 0.451. The van der Waals surface area contributed by atoms with Crippen LogP contribution >= 0.6 is 24.0 Å². The maximum absolute atomic E-state index is 5.51. The quantitative estimate of drug-likeness (QED) is 0.502. The highest BCUT2D eigenvalue weighted by Gasteiger charge is 2.15. The van der Waals surface area contributed by atoms with Crippen LogP contribution in [0.25, 0.3) is 5.69 Å². The van der Waals surface area contributed by atoms with Crippen LogP contribution in [0.3, 0.4) is 0 Å². The summed E-state index contributed by atoms with van der Waals surface area (Å²) in [4.78, 5) is 0. The molecular weight excluding hydrogens is 336 g/mol. The molecule has 3 rings (SSSR count). The number of hydrogen-bond acceptors (Lipinski definition) is 9. The second-order valence-corrected chi connectivity index (χ2v) is 5.92. The van der Waals surface area contributed by atoms with Crippen LogP contribution in [0.15, 0.2) is 35.5 Å². The summed E-state index contributed by atoms with van der Waals surface area (Å²) < 4.78 is 8.85. The van der Waals surface area contributed by atoms with Gasteiger partial charge in [-0.3, -0.25) is 0 Å². The molecule has 11 heteroatoms. The number of aromatic nitrogens is 8. The van der Waals surface area contributed by atoms with E-state index >= 15 is 0 Å². The number of thiocarbonyl (C=S) groups is 1. The van der Waals surface area contributed by atoms with Crippen LogP contribution in [-0.4, -0.2) is 44.8 Å². The standard InChI is InChI=1S/C12H12N8OS2/c1-2-8-19-10(13-15-17-19)21-12(22)23-11-14-16-18-20(11)9-6-4-3-5-7-9/h3-7H,2,8H2,1H3. The summed E-state index contributed by atoms with van der Waals surface area (Å²) in [5.74, 6) is 0. The molecule has 0 aliphatic carbocycles. The molecule has 0 atom stereocenters. The van der Waals surface area contributed by atoms with Gasteiger partial charge in [-0.2, -0.15) is 9.36 Å². The lowest BCUT2D eigenvalue weighted by atomic mass is 10.3. The SMILES string of the molecule is CCCn1nnnc1OC(=S)Sc1nnnn1-c1ccccc1. The van der Waals surface area contributed by atoms with E-state index in [-0.39, 0.29) is 10.4 Å². The summed E-state index contributed by atoms with van der Waals surface area (Å²) in [6.45, 7) is 2.67. The van der Waals surface area contributed by atoms with Crippen molar-refractivity contribution in [2.45, 2.75) is 25.0 Å². The zero-order valence-electron chi connectivity index (χ0n) is 12.1. The first-order chi connectivity index (χ1) is 11.3. The van der Waals surface area contributed by atoms with Gasteiger partial charge in [-0.05, 0) is 51.6 Å². The van der Waals surface area contributed by atoms with Gasteiger partial charge in [0.1, 0.15) is 0 Å². The number of hydrogen-bond donors (Lipinski definition) is 0. The van der Waals surface area contributed by atoms with Gasteiger partial charge in [-0.25, -0.2) is 0 Å². The van der Waals surface area contributed by atoms with Gasteiger partial charge in [0, 0.05) is 18.3 Å². The third-order valence-electron chi connectivity index (χ3n) is 2.73. The molecular formula is C12H12N8OS2. The van der Waals surface area contributed by atoms with Crippen LogP contribution in [0.1, 0.15) is 13.3 Å². The molecule has 23 heavy (non-hydrogen) atoms. The van der Waals surface area contributed by atoms with Gasteiger partial charge in [0.25, 0.3) is 0 Å². The number of rotatable bonds is 5.